The lowest BCUT2D eigenvalue weighted by atomic mass is 10.1. The summed E-state index contributed by atoms with van der Waals surface area (Å²) in [4.78, 5) is 35.8. The van der Waals surface area contributed by atoms with Gasteiger partial charge in [0, 0.05) is 4.47 Å². The van der Waals surface area contributed by atoms with Crippen molar-refractivity contribution in [2.75, 3.05) is 14.2 Å². The molecule has 7 nitrogen and oxygen atoms in total. The van der Waals surface area contributed by atoms with Gasteiger partial charge in [-0.2, -0.15) is 0 Å². The largest absolute Gasteiger partial charge is 0.479 e. The van der Waals surface area contributed by atoms with E-state index >= 15 is 0 Å². The number of hydrogen-bond donors (Lipinski definition) is 0. The average molecular weight is 437 g/mol. The summed E-state index contributed by atoms with van der Waals surface area (Å²) in [6.45, 7) is 1.52. The number of hydrogen-bond acceptors (Lipinski definition) is 7. The minimum Gasteiger partial charge on any atom is -0.479 e. The van der Waals surface area contributed by atoms with Crippen LogP contribution in [0.5, 0.6) is 11.5 Å². The van der Waals surface area contributed by atoms with Crippen LogP contribution in [0, 0.1) is 0 Å². The van der Waals surface area contributed by atoms with Crippen molar-refractivity contribution in [3.8, 4) is 11.5 Å². The lowest BCUT2D eigenvalue weighted by Crippen LogP contribution is -2.28. The number of esters is 3. The van der Waals surface area contributed by atoms with Gasteiger partial charge in [0.15, 0.2) is 6.10 Å². The molecule has 2 aromatic carbocycles. The summed E-state index contributed by atoms with van der Waals surface area (Å²) in [5.74, 6) is -1.58. The first-order chi connectivity index (χ1) is 12.8. The molecule has 0 N–H and O–H groups in total. The minimum absolute atomic E-state index is 0.00504. The highest BCUT2D eigenvalue weighted by Gasteiger charge is 2.20. The molecule has 0 saturated carbocycles. The van der Waals surface area contributed by atoms with Gasteiger partial charge in [-0.3, -0.25) is 0 Å². The van der Waals surface area contributed by atoms with Gasteiger partial charge in [-0.1, -0.05) is 15.9 Å². The molecule has 0 radical (unpaired) electrons. The van der Waals surface area contributed by atoms with Gasteiger partial charge in [-0.15, -0.1) is 0 Å². The third-order valence-electron chi connectivity index (χ3n) is 3.43. The molecular formula is C19H17BrO7. The monoisotopic (exact) mass is 436 g/mol. The number of rotatable bonds is 6. The molecule has 2 rings (SSSR count). The molecule has 0 saturated heterocycles. The van der Waals surface area contributed by atoms with Crippen molar-refractivity contribution >= 4 is 33.8 Å². The average Bonchev–Trinajstić information content (AvgIpc) is 2.67. The highest BCUT2D eigenvalue weighted by atomic mass is 79.9. The molecule has 27 heavy (non-hydrogen) atoms. The zero-order valence-corrected chi connectivity index (χ0v) is 16.4. The molecule has 8 heteroatoms. The van der Waals surface area contributed by atoms with Crippen LogP contribution in [0.3, 0.4) is 0 Å². The van der Waals surface area contributed by atoms with E-state index in [0.717, 1.165) is 4.47 Å². The zero-order valence-electron chi connectivity index (χ0n) is 14.9. The van der Waals surface area contributed by atoms with Gasteiger partial charge in [0.2, 0.25) is 0 Å². The van der Waals surface area contributed by atoms with E-state index in [1.54, 1.807) is 24.3 Å². The molecule has 0 bridgehead atoms. The summed E-state index contributed by atoms with van der Waals surface area (Å²) in [6.07, 6.45) is -0.922. The summed E-state index contributed by atoms with van der Waals surface area (Å²) in [5.41, 5.74) is 0.0920. The number of benzene rings is 2. The van der Waals surface area contributed by atoms with Crippen LogP contribution in [-0.4, -0.2) is 38.2 Å². The molecule has 0 aromatic heterocycles. The molecule has 0 aliphatic rings. The van der Waals surface area contributed by atoms with Crippen molar-refractivity contribution in [1.82, 2.24) is 0 Å². The number of halogens is 1. The lowest BCUT2D eigenvalue weighted by molar-refractivity contribution is -0.141. The Kier molecular flexibility index (Phi) is 6.95. The molecule has 0 spiro atoms. The fourth-order valence-electron chi connectivity index (χ4n) is 2.09. The minimum atomic E-state index is -0.922. The van der Waals surface area contributed by atoms with E-state index in [2.05, 4.69) is 25.4 Å². The van der Waals surface area contributed by atoms with Gasteiger partial charge in [-0.25, -0.2) is 14.4 Å². The maximum absolute atomic E-state index is 12.3. The predicted octanol–water partition coefficient (Wildman–Crippen LogP) is 3.40. The fraction of sp³-hybridized carbons (Fsp3) is 0.211. The molecular weight excluding hydrogens is 420 g/mol. The Hall–Kier alpha value is -2.87. The van der Waals surface area contributed by atoms with Gasteiger partial charge in [0.1, 0.15) is 11.5 Å². The summed E-state index contributed by atoms with van der Waals surface area (Å²) in [6, 6.07) is 10.8. The van der Waals surface area contributed by atoms with Gasteiger partial charge < -0.3 is 18.9 Å². The van der Waals surface area contributed by atoms with Crippen molar-refractivity contribution in [1.29, 1.82) is 0 Å². The SMILES string of the molecule is COC(=O)c1cc(OC(=O)C(C)Oc2ccc(Br)cc2)cc(C(=O)OC)c1. The van der Waals surface area contributed by atoms with Crippen molar-refractivity contribution in [3.63, 3.8) is 0 Å². The third kappa shape index (κ3) is 5.55. The van der Waals surface area contributed by atoms with Crippen LogP contribution < -0.4 is 9.47 Å². The summed E-state index contributed by atoms with van der Waals surface area (Å²) < 4.78 is 20.9. The Balaban J connectivity index is 2.18. The molecule has 142 valence electrons. The van der Waals surface area contributed by atoms with E-state index in [4.69, 9.17) is 9.47 Å². The van der Waals surface area contributed by atoms with E-state index in [1.807, 2.05) is 0 Å². The van der Waals surface area contributed by atoms with Crippen molar-refractivity contribution in [3.05, 3.63) is 58.1 Å². The second kappa shape index (κ2) is 9.18. The van der Waals surface area contributed by atoms with Gasteiger partial charge in [-0.05, 0) is 49.4 Å². The van der Waals surface area contributed by atoms with E-state index in [0.29, 0.717) is 5.75 Å². The van der Waals surface area contributed by atoms with E-state index in [1.165, 1.54) is 39.3 Å². The zero-order chi connectivity index (χ0) is 20.0. The van der Waals surface area contributed by atoms with Crippen molar-refractivity contribution < 1.29 is 33.3 Å². The van der Waals surface area contributed by atoms with Gasteiger partial charge in [0.25, 0.3) is 0 Å². The van der Waals surface area contributed by atoms with Crippen LogP contribution in [-0.2, 0) is 14.3 Å². The third-order valence-corrected chi connectivity index (χ3v) is 3.95. The first kappa shape index (κ1) is 20.4. The van der Waals surface area contributed by atoms with E-state index in [-0.39, 0.29) is 16.9 Å². The first-order valence-corrected chi connectivity index (χ1v) is 8.59. The highest BCUT2D eigenvalue weighted by molar-refractivity contribution is 9.10. The molecule has 1 unspecified atom stereocenters. The van der Waals surface area contributed by atoms with Crippen LogP contribution in [0.2, 0.25) is 0 Å². The van der Waals surface area contributed by atoms with Crippen molar-refractivity contribution in [2.24, 2.45) is 0 Å². The number of carbonyl (C=O) groups excluding carboxylic acids is 3. The first-order valence-electron chi connectivity index (χ1n) is 7.79. The lowest BCUT2D eigenvalue weighted by Gasteiger charge is -2.14. The Bertz CT molecular complexity index is 811. The second-order valence-corrected chi connectivity index (χ2v) is 6.28. The van der Waals surface area contributed by atoms with E-state index in [9.17, 15) is 14.4 Å². The normalized spacial score (nSPS) is 11.3. The molecule has 0 aliphatic carbocycles. The summed E-state index contributed by atoms with van der Waals surface area (Å²) >= 11 is 3.31. The molecule has 2 aromatic rings. The maximum atomic E-state index is 12.3. The maximum Gasteiger partial charge on any atom is 0.352 e. The van der Waals surface area contributed by atoms with Gasteiger partial charge >= 0.3 is 17.9 Å². The number of carbonyl (C=O) groups is 3. The van der Waals surface area contributed by atoms with Crippen LogP contribution >= 0.6 is 15.9 Å². The molecule has 0 heterocycles. The molecule has 0 amide bonds. The van der Waals surface area contributed by atoms with Crippen LogP contribution in [0.1, 0.15) is 27.6 Å². The summed E-state index contributed by atoms with van der Waals surface area (Å²) in [7, 11) is 2.40. The number of ether oxygens (including phenoxy) is 4. The second-order valence-electron chi connectivity index (χ2n) is 5.36. The summed E-state index contributed by atoms with van der Waals surface area (Å²) in [5, 5.41) is 0. The molecule has 0 aliphatic heterocycles. The van der Waals surface area contributed by atoms with Crippen LogP contribution in [0.4, 0.5) is 0 Å². The van der Waals surface area contributed by atoms with Gasteiger partial charge in [0.05, 0.1) is 25.3 Å². The quantitative estimate of drug-likeness (QED) is 0.506. The standard InChI is InChI=1S/C19H17BrO7/c1-11(26-15-6-4-14(20)5-7-15)17(21)27-16-9-12(18(22)24-2)8-13(10-16)19(23)25-3/h4-11H,1-3H3. The van der Waals surface area contributed by atoms with E-state index < -0.39 is 24.0 Å². The molecule has 0 fully saturated rings. The molecule has 1 atom stereocenters. The van der Waals surface area contributed by atoms with Crippen molar-refractivity contribution in [2.45, 2.75) is 13.0 Å². The Labute approximate surface area is 164 Å². The van der Waals surface area contributed by atoms with Crippen LogP contribution in [0.25, 0.3) is 0 Å². The predicted molar refractivity (Wildman–Crippen MR) is 99.0 cm³/mol. The topological polar surface area (TPSA) is 88.1 Å². The highest BCUT2D eigenvalue weighted by Crippen LogP contribution is 2.21. The smallest absolute Gasteiger partial charge is 0.352 e. The Morgan fingerprint density at radius 3 is 1.85 bits per heavy atom. The Morgan fingerprint density at radius 1 is 0.852 bits per heavy atom. The fourth-order valence-corrected chi connectivity index (χ4v) is 2.36. The Morgan fingerprint density at radius 2 is 1.37 bits per heavy atom. The number of methoxy groups -OCH3 is 2. The van der Waals surface area contributed by atoms with Crippen LogP contribution in [0.15, 0.2) is 46.9 Å².